The normalized spacial score (nSPS) is 13.7. The molecule has 0 bridgehead atoms. The van der Waals surface area contributed by atoms with Crippen LogP contribution in [0.2, 0.25) is 5.02 Å². The largest absolute Gasteiger partial charge is 0.306 e. The van der Waals surface area contributed by atoms with E-state index in [9.17, 15) is 4.79 Å². The van der Waals surface area contributed by atoms with Gasteiger partial charge in [0.05, 0.1) is 23.1 Å². The highest BCUT2D eigenvalue weighted by Crippen LogP contribution is 2.42. The maximum absolute atomic E-state index is 12.8. The van der Waals surface area contributed by atoms with Crippen molar-refractivity contribution in [2.45, 2.75) is 32.6 Å². The second kappa shape index (κ2) is 6.57. The number of halogens is 1. The molecule has 0 radical (unpaired) electrons. The Morgan fingerprint density at radius 1 is 1.23 bits per heavy atom. The Morgan fingerprint density at radius 2 is 2.04 bits per heavy atom. The van der Waals surface area contributed by atoms with Crippen molar-refractivity contribution < 1.29 is 4.79 Å². The predicted molar refractivity (Wildman–Crippen MR) is 102 cm³/mol. The average molecular weight is 367 g/mol. The zero-order chi connectivity index (χ0) is 18.3. The lowest BCUT2D eigenvalue weighted by Crippen LogP contribution is -2.15. The standard InChI is InChI=1S/C20H19ClN4O/c1-12-7-8-22-18(9-12)24-20(26)16-11-23-25(19(16)14-4-5-14)15-6-3-13(2)17(21)10-15/h3,6-11,14H,4-5H2,1-2H3,(H,22,24,26). The number of hydrogen-bond acceptors (Lipinski definition) is 3. The molecular formula is C20H19ClN4O. The number of carbonyl (C=O) groups is 1. The number of nitrogens with one attached hydrogen (secondary N) is 1. The molecule has 1 N–H and O–H groups in total. The van der Waals surface area contributed by atoms with E-state index in [0.29, 0.717) is 22.3 Å². The van der Waals surface area contributed by atoms with E-state index in [4.69, 9.17) is 11.6 Å². The summed E-state index contributed by atoms with van der Waals surface area (Å²) in [6, 6.07) is 9.57. The van der Waals surface area contributed by atoms with Crippen LogP contribution in [0.4, 0.5) is 5.82 Å². The lowest BCUT2D eigenvalue weighted by Gasteiger charge is -2.10. The van der Waals surface area contributed by atoms with Gasteiger partial charge in [0.1, 0.15) is 5.82 Å². The maximum Gasteiger partial charge on any atom is 0.260 e. The molecule has 4 rings (SSSR count). The van der Waals surface area contributed by atoms with Crippen LogP contribution in [0.3, 0.4) is 0 Å². The molecule has 132 valence electrons. The van der Waals surface area contributed by atoms with Gasteiger partial charge in [0.15, 0.2) is 0 Å². The molecule has 1 amide bonds. The first-order valence-electron chi connectivity index (χ1n) is 8.61. The second-order valence-electron chi connectivity index (χ2n) is 6.74. The van der Waals surface area contributed by atoms with Gasteiger partial charge in [0.25, 0.3) is 5.91 Å². The summed E-state index contributed by atoms with van der Waals surface area (Å²) in [5.74, 6) is 0.709. The van der Waals surface area contributed by atoms with Gasteiger partial charge in [-0.05, 0) is 62.1 Å². The van der Waals surface area contributed by atoms with Gasteiger partial charge in [0, 0.05) is 17.1 Å². The molecule has 2 heterocycles. The van der Waals surface area contributed by atoms with Crippen molar-refractivity contribution >= 4 is 23.3 Å². The smallest absolute Gasteiger partial charge is 0.260 e. The van der Waals surface area contributed by atoms with Crippen LogP contribution in [-0.4, -0.2) is 20.7 Å². The minimum Gasteiger partial charge on any atom is -0.306 e. The molecule has 26 heavy (non-hydrogen) atoms. The van der Waals surface area contributed by atoms with Crippen molar-refractivity contribution in [1.29, 1.82) is 0 Å². The Labute approximate surface area is 157 Å². The van der Waals surface area contributed by atoms with Gasteiger partial charge in [0.2, 0.25) is 0 Å². The molecule has 0 aliphatic heterocycles. The molecule has 1 aromatic carbocycles. The highest BCUT2D eigenvalue weighted by Gasteiger charge is 2.33. The molecule has 1 aliphatic rings. The Hall–Kier alpha value is -2.66. The summed E-state index contributed by atoms with van der Waals surface area (Å²) in [7, 11) is 0. The second-order valence-corrected chi connectivity index (χ2v) is 7.14. The molecule has 2 aromatic heterocycles. The van der Waals surface area contributed by atoms with Gasteiger partial charge in [-0.2, -0.15) is 5.10 Å². The van der Waals surface area contributed by atoms with Crippen molar-refractivity contribution in [2.75, 3.05) is 5.32 Å². The van der Waals surface area contributed by atoms with Gasteiger partial charge in [-0.1, -0.05) is 17.7 Å². The average Bonchev–Trinajstić information content (AvgIpc) is 3.35. The molecule has 0 unspecified atom stereocenters. The van der Waals surface area contributed by atoms with E-state index < -0.39 is 0 Å². The minimum atomic E-state index is -0.186. The summed E-state index contributed by atoms with van der Waals surface area (Å²) in [6.07, 6.45) is 5.44. The molecule has 0 atom stereocenters. The van der Waals surface area contributed by atoms with E-state index in [0.717, 1.165) is 35.3 Å². The minimum absolute atomic E-state index is 0.186. The van der Waals surface area contributed by atoms with Crippen LogP contribution >= 0.6 is 11.6 Å². The zero-order valence-corrected chi connectivity index (χ0v) is 15.4. The van der Waals surface area contributed by atoms with Gasteiger partial charge in [-0.15, -0.1) is 0 Å². The lowest BCUT2D eigenvalue weighted by molar-refractivity contribution is 0.102. The Bertz CT molecular complexity index is 991. The van der Waals surface area contributed by atoms with Crippen molar-refractivity contribution in [1.82, 2.24) is 14.8 Å². The van der Waals surface area contributed by atoms with E-state index >= 15 is 0 Å². The maximum atomic E-state index is 12.8. The summed E-state index contributed by atoms with van der Waals surface area (Å²) < 4.78 is 1.83. The summed E-state index contributed by atoms with van der Waals surface area (Å²) in [6.45, 7) is 3.93. The predicted octanol–water partition coefficient (Wildman–Crippen LogP) is 4.67. The molecule has 5 nitrogen and oxygen atoms in total. The van der Waals surface area contributed by atoms with Crippen molar-refractivity contribution in [2.24, 2.45) is 0 Å². The SMILES string of the molecule is Cc1ccnc(NC(=O)c2cnn(-c3ccc(C)c(Cl)c3)c2C2CC2)c1. The molecule has 1 saturated carbocycles. The number of carbonyl (C=O) groups excluding carboxylic acids is 1. The van der Waals surface area contributed by atoms with Crippen molar-refractivity contribution in [3.63, 3.8) is 0 Å². The number of amides is 1. The lowest BCUT2D eigenvalue weighted by atomic mass is 10.1. The number of nitrogens with zero attached hydrogens (tertiary/aromatic N) is 3. The van der Waals surface area contributed by atoms with Crippen LogP contribution in [0, 0.1) is 13.8 Å². The third-order valence-corrected chi connectivity index (χ3v) is 4.98. The molecule has 0 spiro atoms. The third kappa shape index (κ3) is 3.22. The highest BCUT2D eigenvalue weighted by atomic mass is 35.5. The summed E-state index contributed by atoms with van der Waals surface area (Å²) in [5, 5.41) is 8.04. The fraction of sp³-hybridized carbons (Fsp3) is 0.250. The van der Waals surface area contributed by atoms with Crippen LogP contribution in [0.1, 0.15) is 45.9 Å². The molecule has 1 aliphatic carbocycles. The van der Waals surface area contributed by atoms with E-state index in [1.54, 1.807) is 12.4 Å². The van der Waals surface area contributed by atoms with Crippen LogP contribution in [0.25, 0.3) is 5.69 Å². The molecule has 6 heteroatoms. The monoisotopic (exact) mass is 366 g/mol. The number of aryl methyl sites for hydroxylation is 2. The molecule has 3 aromatic rings. The van der Waals surface area contributed by atoms with Gasteiger partial charge in [-0.25, -0.2) is 9.67 Å². The number of anilines is 1. The number of rotatable bonds is 4. The summed E-state index contributed by atoms with van der Waals surface area (Å²) >= 11 is 6.27. The fourth-order valence-electron chi connectivity index (χ4n) is 2.99. The first-order valence-corrected chi connectivity index (χ1v) is 8.99. The van der Waals surface area contributed by atoms with Crippen LogP contribution < -0.4 is 5.32 Å². The number of aromatic nitrogens is 3. The van der Waals surface area contributed by atoms with Crippen LogP contribution in [0.15, 0.2) is 42.7 Å². The van der Waals surface area contributed by atoms with E-state index in [1.807, 2.05) is 48.9 Å². The van der Waals surface area contributed by atoms with E-state index in [2.05, 4.69) is 15.4 Å². The topological polar surface area (TPSA) is 59.8 Å². The molecule has 1 fully saturated rings. The van der Waals surface area contributed by atoms with Gasteiger partial charge in [-0.3, -0.25) is 4.79 Å². The van der Waals surface area contributed by atoms with Crippen molar-refractivity contribution in [3.8, 4) is 5.69 Å². The quantitative estimate of drug-likeness (QED) is 0.730. The third-order valence-electron chi connectivity index (χ3n) is 4.57. The Balaban J connectivity index is 1.70. The first kappa shape index (κ1) is 16.8. The summed E-state index contributed by atoms with van der Waals surface area (Å²) in [5.41, 5.74) is 4.46. The van der Waals surface area contributed by atoms with E-state index in [-0.39, 0.29) is 5.91 Å². The number of benzene rings is 1. The highest BCUT2D eigenvalue weighted by molar-refractivity contribution is 6.31. The number of hydrogen-bond donors (Lipinski definition) is 1. The van der Waals surface area contributed by atoms with Crippen molar-refractivity contribution in [3.05, 3.63) is 70.1 Å². The Morgan fingerprint density at radius 3 is 2.73 bits per heavy atom. The number of pyridine rings is 1. The summed E-state index contributed by atoms with van der Waals surface area (Å²) in [4.78, 5) is 17.0. The fourth-order valence-corrected chi connectivity index (χ4v) is 3.16. The van der Waals surface area contributed by atoms with Gasteiger partial charge < -0.3 is 5.32 Å². The van der Waals surface area contributed by atoms with E-state index in [1.165, 1.54) is 0 Å². The van der Waals surface area contributed by atoms with Gasteiger partial charge >= 0.3 is 0 Å². The van der Waals surface area contributed by atoms with Crippen LogP contribution in [0.5, 0.6) is 0 Å². The first-order chi connectivity index (χ1) is 12.5. The molecular weight excluding hydrogens is 348 g/mol. The zero-order valence-electron chi connectivity index (χ0n) is 14.7. The molecule has 0 saturated heterocycles. The van der Waals surface area contributed by atoms with Crippen LogP contribution in [-0.2, 0) is 0 Å². The Kier molecular flexibility index (Phi) is 4.24.